The Morgan fingerprint density at radius 3 is 2.50 bits per heavy atom. The first kappa shape index (κ1) is 13.2. The van der Waals surface area contributed by atoms with E-state index in [2.05, 4.69) is 25.4 Å². The number of benzene rings is 1. The smallest absolute Gasteiger partial charge is 0.169 e. The molecule has 0 saturated carbocycles. The van der Waals surface area contributed by atoms with Gasteiger partial charge in [0.05, 0.1) is 0 Å². The molecule has 1 N–H and O–H groups in total. The van der Waals surface area contributed by atoms with Gasteiger partial charge in [0.25, 0.3) is 0 Å². The predicted molar refractivity (Wildman–Crippen MR) is 89.1 cm³/mol. The fourth-order valence-electron chi connectivity index (χ4n) is 2.19. The van der Waals surface area contributed by atoms with E-state index < -0.39 is 0 Å². The van der Waals surface area contributed by atoms with Crippen LogP contribution in [0.4, 0.5) is 0 Å². The first-order valence-corrected chi connectivity index (χ1v) is 7.78. The van der Waals surface area contributed by atoms with Crippen molar-refractivity contribution in [1.82, 2.24) is 25.4 Å². The molecule has 0 atom stereocenters. The molecule has 0 amide bonds. The molecule has 3 heterocycles. The maximum absolute atomic E-state index is 5.28. The molecule has 22 heavy (non-hydrogen) atoms. The topological polar surface area (TPSA) is 67.3 Å². The van der Waals surface area contributed by atoms with Crippen LogP contribution in [0.5, 0.6) is 0 Å². The molecule has 106 valence electrons. The normalized spacial score (nSPS) is 10.9. The SMILES string of the molecule is S=c1[nH]nc(-c2nnc(-c3ccccn3)s2)c2ccccc12. The molecule has 5 nitrogen and oxygen atoms in total. The third-order valence-corrected chi connectivity index (χ3v) is 4.47. The third kappa shape index (κ3) is 2.20. The Hall–Kier alpha value is -2.51. The van der Waals surface area contributed by atoms with Crippen LogP contribution in [0.15, 0.2) is 48.7 Å². The van der Waals surface area contributed by atoms with Gasteiger partial charge >= 0.3 is 0 Å². The van der Waals surface area contributed by atoms with E-state index in [1.807, 2.05) is 42.5 Å². The summed E-state index contributed by atoms with van der Waals surface area (Å²) in [5.41, 5.74) is 1.56. The molecular weight excluding hydrogens is 314 g/mol. The lowest BCUT2D eigenvalue weighted by Gasteiger charge is -2.01. The van der Waals surface area contributed by atoms with E-state index in [-0.39, 0.29) is 0 Å². The lowest BCUT2D eigenvalue weighted by molar-refractivity contribution is 1.02. The minimum atomic E-state index is 0.619. The molecule has 0 aliphatic rings. The molecule has 0 unspecified atom stereocenters. The average molecular weight is 323 g/mol. The Balaban J connectivity index is 1.89. The van der Waals surface area contributed by atoms with Crippen LogP contribution in [0.2, 0.25) is 0 Å². The van der Waals surface area contributed by atoms with Gasteiger partial charge in [-0.25, -0.2) is 0 Å². The van der Waals surface area contributed by atoms with Gasteiger partial charge < -0.3 is 0 Å². The number of fused-ring (bicyclic) bond motifs is 1. The van der Waals surface area contributed by atoms with Gasteiger partial charge in [-0.15, -0.1) is 10.2 Å². The molecule has 0 saturated heterocycles. The highest BCUT2D eigenvalue weighted by Crippen LogP contribution is 2.31. The molecule has 0 aliphatic heterocycles. The number of hydrogen-bond acceptors (Lipinski definition) is 6. The van der Waals surface area contributed by atoms with E-state index in [1.54, 1.807) is 6.20 Å². The van der Waals surface area contributed by atoms with Gasteiger partial charge in [0.2, 0.25) is 0 Å². The number of H-pyrrole nitrogens is 1. The van der Waals surface area contributed by atoms with Crippen LogP contribution in [0.25, 0.3) is 32.2 Å². The van der Waals surface area contributed by atoms with Gasteiger partial charge in [-0.05, 0) is 12.1 Å². The molecule has 0 aliphatic carbocycles. The van der Waals surface area contributed by atoms with E-state index in [1.165, 1.54) is 11.3 Å². The van der Waals surface area contributed by atoms with Crippen molar-refractivity contribution >= 4 is 34.3 Å². The van der Waals surface area contributed by atoms with Crippen molar-refractivity contribution in [1.29, 1.82) is 0 Å². The minimum Gasteiger partial charge on any atom is -0.267 e. The maximum atomic E-state index is 5.28. The molecule has 0 radical (unpaired) electrons. The van der Waals surface area contributed by atoms with Gasteiger partial charge in [-0.2, -0.15) is 5.10 Å². The molecule has 0 spiro atoms. The predicted octanol–water partition coefficient (Wildman–Crippen LogP) is 3.87. The zero-order valence-electron chi connectivity index (χ0n) is 11.2. The summed E-state index contributed by atoms with van der Waals surface area (Å²) < 4.78 is 0.619. The zero-order chi connectivity index (χ0) is 14.9. The fraction of sp³-hybridized carbons (Fsp3) is 0. The van der Waals surface area contributed by atoms with Crippen LogP contribution < -0.4 is 0 Å². The summed E-state index contributed by atoms with van der Waals surface area (Å²) in [6.07, 6.45) is 1.74. The summed E-state index contributed by atoms with van der Waals surface area (Å²) in [5.74, 6) is 0. The minimum absolute atomic E-state index is 0.619. The van der Waals surface area contributed by atoms with Crippen molar-refractivity contribution < 1.29 is 0 Å². The first-order valence-electron chi connectivity index (χ1n) is 6.55. The van der Waals surface area contributed by atoms with E-state index in [9.17, 15) is 0 Å². The lowest BCUT2D eigenvalue weighted by Crippen LogP contribution is -1.90. The van der Waals surface area contributed by atoms with E-state index in [0.717, 1.165) is 32.2 Å². The van der Waals surface area contributed by atoms with Crippen LogP contribution in [0, 0.1) is 4.64 Å². The van der Waals surface area contributed by atoms with Crippen molar-refractivity contribution in [2.75, 3.05) is 0 Å². The number of rotatable bonds is 2. The highest BCUT2D eigenvalue weighted by Gasteiger charge is 2.13. The lowest BCUT2D eigenvalue weighted by atomic mass is 10.1. The summed E-state index contributed by atoms with van der Waals surface area (Å²) in [6.45, 7) is 0. The molecule has 0 fully saturated rings. The van der Waals surface area contributed by atoms with Crippen LogP contribution in [-0.4, -0.2) is 25.4 Å². The Labute approximate surface area is 134 Å². The van der Waals surface area contributed by atoms with Gasteiger partial charge in [0.1, 0.15) is 16.0 Å². The molecular formula is C15H9N5S2. The summed E-state index contributed by atoms with van der Waals surface area (Å²) in [5, 5.41) is 19.1. The first-order chi connectivity index (χ1) is 10.8. The summed E-state index contributed by atoms with van der Waals surface area (Å²) in [6, 6.07) is 13.6. The van der Waals surface area contributed by atoms with E-state index in [0.29, 0.717) is 4.64 Å². The van der Waals surface area contributed by atoms with E-state index >= 15 is 0 Å². The second kappa shape index (κ2) is 5.36. The van der Waals surface area contributed by atoms with Gasteiger partial charge in [-0.1, -0.05) is 53.9 Å². The molecule has 4 rings (SSSR count). The van der Waals surface area contributed by atoms with Crippen molar-refractivity contribution in [2.24, 2.45) is 0 Å². The Morgan fingerprint density at radius 2 is 1.68 bits per heavy atom. The van der Waals surface area contributed by atoms with Crippen LogP contribution in [-0.2, 0) is 0 Å². The largest absolute Gasteiger partial charge is 0.267 e. The van der Waals surface area contributed by atoms with Crippen molar-refractivity contribution in [2.45, 2.75) is 0 Å². The number of pyridine rings is 1. The second-order valence-electron chi connectivity index (χ2n) is 4.57. The zero-order valence-corrected chi connectivity index (χ0v) is 12.9. The number of nitrogens with one attached hydrogen (secondary N) is 1. The molecule has 0 bridgehead atoms. The van der Waals surface area contributed by atoms with Crippen molar-refractivity contribution in [3.63, 3.8) is 0 Å². The van der Waals surface area contributed by atoms with Gasteiger partial charge in [0.15, 0.2) is 10.0 Å². The molecule has 3 aromatic heterocycles. The maximum Gasteiger partial charge on any atom is 0.169 e. The number of nitrogens with zero attached hydrogens (tertiary/aromatic N) is 4. The summed E-state index contributed by atoms with van der Waals surface area (Å²) in [7, 11) is 0. The van der Waals surface area contributed by atoms with Gasteiger partial charge in [0, 0.05) is 17.0 Å². The molecule has 7 heteroatoms. The van der Waals surface area contributed by atoms with Crippen LogP contribution in [0.3, 0.4) is 0 Å². The number of hydrogen-bond donors (Lipinski definition) is 1. The highest BCUT2D eigenvalue weighted by atomic mass is 32.1. The number of aromatic amines is 1. The van der Waals surface area contributed by atoms with Crippen LogP contribution in [0.1, 0.15) is 0 Å². The van der Waals surface area contributed by atoms with Crippen molar-refractivity contribution in [3.8, 4) is 21.4 Å². The monoisotopic (exact) mass is 323 g/mol. The van der Waals surface area contributed by atoms with E-state index in [4.69, 9.17) is 12.2 Å². The summed E-state index contributed by atoms with van der Waals surface area (Å²) in [4.78, 5) is 4.30. The molecule has 4 aromatic rings. The quantitative estimate of drug-likeness (QED) is 0.567. The fourth-order valence-corrected chi connectivity index (χ4v) is 3.24. The highest BCUT2D eigenvalue weighted by molar-refractivity contribution is 7.71. The average Bonchev–Trinajstić information content (AvgIpc) is 3.06. The standard InChI is InChI=1S/C15H9N5S2/c21-13-10-6-2-1-5-9(10)12(17-18-13)15-20-19-14(22-15)11-7-3-4-8-16-11/h1-8H,(H,18,21). The molecule has 1 aromatic carbocycles. The third-order valence-electron chi connectivity index (χ3n) is 3.21. The Morgan fingerprint density at radius 1 is 0.909 bits per heavy atom. The Bertz CT molecular complexity index is 1010. The summed E-state index contributed by atoms with van der Waals surface area (Å²) >= 11 is 6.74. The van der Waals surface area contributed by atoms with Crippen molar-refractivity contribution in [3.05, 3.63) is 53.3 Å². The number of aromatic nitrogens is 5. The second-order valence-corrected chi connectivity index (χ2v) is 5.96. The van der Waals surface area contributed by atoms with Crippen LogP contribution >= 0.6 is 23.6 Å². The Kier molecular flexibility index (Phi) is 3.21. The van der Waals surface area contributed by atoms with Gasteiger partial charge in [-0.3, -0.25) is 10.1 Å².